The Morgan fingerprint density at radius 1 is 1.62 bits per heavy atom. The summed E-state index contributed by atoms with van der Waals surface area (Å²) in [7, 11) is 0. The normalized spacial score (nSPS) is 17.1. The number of carbonyl (C=O) groups is 1. The van der Waals surface area contributed by atoms with Crippen molar-refractivity contribution in [3.05, 3.63) is 5.01 Å². The molecule has 2 rings (SSSR count). The summed E-state index contributed by atoms with van der Waals surface area (Å²) in [6, 6.07) is -0.446. The third-order valence-corrected chi connectivity index (χ3v) is 3.53. The van der Waals surface area contributed by atoms with Crippen LogP contribution in [-0.2, 0) is 4.79 Å². The first-order valence-electron chi connectivity index (χ1n) is 5.60. The Morgan fingerprint density at radius 2 is 2.38 bits per heavy atom. The lowest BCUT2D eigenvalue weighted by molar-refractivity contribution is -0.117. The van der Waals surface area contributed by atoms with Gasteiger partial charge in [-0.15, -0.1) is 10.2 Å². The zero-order chi connectivity index (χ0) is 11.5. The molecule has 1 atom stereocenters. The number of aromatic nitrogens is 2. The van der Waals surface area contributed by atoms with Gasteiger partial charge in [0.1, 0.15) is 5.01 Å². The Hall–Kier alpha value is -1.01. The largest absolute Gasteiger partial charge is 0.320 e. The van der Waals surface area contributed by atoms with Gasteiger partial charge in [-0.05, 0) is 19.3 Å². The Labute approximate surface area is 98.4 Å². The highest BCUT2D eigenvalue weighted by Gasteiger charge is 2.28. The van der Waals surface area contributed by atoms with Crippen LogP contribution in [0.4, 0.5) is 5.13 Å². The Bertz CT molecular complexity index is 375. The summed E-state index contributed by atoms with van der Waals surface area (Å²) >= 11 is 1.46. The molecule has 16 heavy (non-hydrogen) atoms. The van der Waals surface area contributed by atoms with Gasteiger partial charge in [-0.2, -0.15) is 0 Å². The average molecular weight is 240 g/mol. The van der Waals surface area contributed by atoms with Gasteiger partial charge in [-0.1, -0.05) is 24.7 Å². The zero-order valence-electron chi connectivity index (χ0n) is 9.27. The molecule has 0 aromatic carbocycles. The Balaban J connectivity index is 1.89. The zero-order valence-corrected chi connectivity index (χ0v) is 10.1. The van der Waals surface area contributed by atoms with Crippen molar-refractivity contribution in [2.24, 2.45) is 5.73 Å². The number of carbonyl (C=O) groups excluding carboxylic acids is 1. The molecule has 1 aromatic rings. The second kappa shape index (κ2) is 4.88. The molecule has 1 fully saturated rings. The maximum atomic E-state index is 11.6. The van der Waals surface area contributed by atoms with Crippen LogP contribution < -0.4 is 11.1 Å². The molecule has 1 aromatic heterocycles. The van der Waals surface area contributed by atoms with E-state index in [4.69, 9.17) is 5.73 Å². The first kappa shape index (κ1) is 11.5. The van der Waals surface area contributed by atoms with Crippen molar-refractivity contribution < 1.29 is 4.79 Å². The maximum Gasteiger partial charge on any atom is 0.243 e. The highest BCUT2D eigenvalue weighted by Crippen LogP contribution is 2.41. The van der Waals surface area contributed by atoms with Crippen molar-refractivity contribution in [2.45, 2.75) is 44.6 Å². The van der Waals surface area contributed by atoms with Gasteiger partial charge in [0.05, 0.1) is 6.04 Å². The molecule has 1 saturated carbocycles. The van der Waals surface area contributed by atoms with Crippen LogP contribution in [0.5, 0.6) is 0 Å². The molecule has 1 aliphatic rings. The first-order chi connectivity index (χ1) is 7.70. The molecule has 1 amide bonds. The quantitative estimate of drug-likeness (QED) is 0.817. The predicted octanol–water partition coefficient (Wildman–Crippen LogP) is 1.48. The lowest BCUT2D eigenvalue weighted by Crippen LogP contribution is -2.35. The lowest BCUT2D eigenvalue weighted by Gasteiger charge is -2.08. The van der Waals surface area contributed by atoms with Gasteiger partial charge >= 0.3 is 0 Å². The minimum absolute atomic E-state index is 0.166. The molecule has 5 nitrogen and oxygen atoms in total. The Morgan fingerprint density at radius 3 is 3.00 bits per heavy atom. The summed E-state index contributed by atoms with van der Waals surface area (Å²) in [6.07, 6.45) is 3.98. The van der Waals surface area contributed by atoms with E-state index in [2.05, 4.69) is 15.5 Å². The van der Waals surface area contributed by atoms with Crippen LogP contribution in [0.1, 0.15) is 43.5 Å². The van der Waals surface area contributed by atoms with Crippen LogP contribution in [0.2, 0.25) is 0 Å². The van der Waals surface area contributed by atoms with Crippen LogP contribution in [0.3, 0.4) is 0 Å². The second-order valence-electron chi connectivity index (χ2n) is 4.10. The van der Waals surface area contributed by atoms with Crippen molar-refractivity contribution in [1.82, 2.24) is 10.2 Å². The number of anilines is 1. The number of nitrogens with zero attached hydrogens (tertiary/aromatic N) is 2. The summed E-state index contributed by atoms with van der Waals surface area (Å²) in [5.74, 6) is 0.410. The predicted molar refractivity (Wildman–Crippen MR) is 63.4 cm³/mol. The minimum atomic E-state index is -0.446. The minimum Gasteiger partial charge on any atom is -0.320 e. The van der Waals surface area contributed by atoms with Crippen LogP contribution >= 0.6 is 11.3 Å². The first-order valence-corrected chi connectivity index (χ1v) is 6.42. The summed E-state index contributed by atoms with van der Waals surface area (Å²) < 4.78 is 0. The number of hydrogen-bond donors (Lipinski definition) is 2. The van der Waals surface area contributed by atoms with E-state index < -0.39 is 6.04 Å². The van der Waals surface area contributed by atoms with Gasteiger partial charge in [0.25, 0.3) is 0 Å². The van der Waals surface area contributed by atoms with E-state index in [-0.39, 0.29) is 5.91 Å². The summed E-state index contributed by atoms with van der Waals surface area (Å²) in [5, 5.41) is 12.3. The third kappa shape index (κ3) is 2.76. The highest BCUT2D eigenvalue weighted by atomic mass is 32.1. The molecule has 1 aliphatic carbocycles. The van der Waals surface area contributed by atoms with E-state index in [1.54, 1.807) is 0 Å². The number of nitrogens with one attached hydrogen (secondary N) is 1. The number of nitrogens with two attached hydrogens (primary N) is 1. The molecular formula is C10H16N4OS. The summed E-state index contributed by atoms with van der Waals surface area (Å²) in [5.41, 5.74) is 5.70. The monoisotopic (exact) mass is 240 g/mol. The number of rotatable bonds is 5. The summed E-state index contributed by atoms with van der Waals surface area (Å²) in [4.78, 5) is 11.6. The van der Waals surface area contributed by atoms with Crippen LogP contribution in [0.25, 0.3) is 0 Å². The summed E-state index contributed by atoms with van der Waals surface area (Å²) in [6.45, 7) is 2.00. The molecule has 0 spiro atoms. The van der Waals surface area contributed by atoms with Crippen molar-refractivity contribution in [3.8, 4) is 0 Å². The molecule has 0 bridgehead atoms. The molecule has 3 N–H and O–H groups in total. The molecule has 0 radical (unpaired) electrons. The van der Waals surface area contributed by atoms with Crippen molar-refractivity contribution in [3.63, 3.8) is 0 Å². The van der Waals surface area contributed by atoms with Crippen LogP contribution in [0, 0.1) is 0 Å². The average Bonchev–Trinajstić information content (AvgIpc) is 3.01. The van der Waals surface area contributed by atoms with E-state index in [1.165, 1.54) is 24.2 Å². The van der Waals surface area contributed by atoms with E-state index in [0.29, 0.717) is 17.5 Å². The molecule has 1 unspecified atom stereocenters. The van der Waals surface area contributed by atoms with Crippen molar-refractivity contribution in [2.75, 3.05) is 5.32 Å². The van der Waals surface area contributed by atoms with Crippen molar-refractivity contribution in [1.29, 1.82) is 0 Å². The standard InChI is InChI=1S/C10H16N4OS/c1-2-3-7(11)8(15)12-10-14-13-9(16-10)6-4-5-6/h6-7H,2-5,11H2,1H3,(H,12,14,15). The molecular weight excluding hydrogens is 224 g/mol. The second-order valence-corrected chi connectivity index (χ2v) is 5.11. The van der Waals surface area contributed by atoms with E-state index >= 15 is 0 Å². The molecule has 1 heterocycles. The fourth-order valence-corrected chi connectivity index (χ4v) is 2.34. The SMILES string of the molecule is CCCC(N)C(=O)Nc1nnc(C2CC2)s1. The van der Waals surface area contributed by atoms with E-state index in [1.807, 2.05) is 6.92 Å². The highest BCUT2D eigenvalue weighted by molar-refractivity contribution is 7.15. The fourth-order valence-electron chi connectivity index (χ4n) is 1.42. The fraction of sp³-hybridized carbons (Fsp3) is 0.700. The Kier molecular flexibility index (Phi) is 3.50. The van der Waals surface area contributed by atoms with Crippen molar-refractivity contribution >= 4 is 22.4 Å². The van der Waals surface area contributed by atoms with Gasteiger partial charge in [0.2, 0.25) is 11.0 Å². The molecule has 88 valence electrons. The van der Waals surface area contributed by atoms with E-state index in [9.17, 15) is 4.79 Å². The van der Waals surface area contributed by atoms with Crippen LogP contribution in [-0.4, -0.2) is 22.1 Å². The van der Waals surface area contributed by atoms with Gasteiger partial charge in [0.15, 0.2) is 0 Å². The van der Waals surface area contributed by atoms with Gasteiger partial charge in [-0.3, -0.25) is 10.1 Å². The van der Waals surface area contributed by atoms with Gasteiger partial charge in [0, 0.05) is 5.92 Å². The smallest absolute Gasteiger partial charge is 0.243 e. The lowest BCUT2D eigenvalue weighted by atomic mass is 10.2. The van der Waals surface area contributed by atoms with E-state index in [0.717, 1.165) is 11.4 Å². The molecule has 0 aliphatic heterocycles. The van der Waals surface area contributed by atoms with Gasteiger partial charge in [-0.25, -0.2) is 0 Å². The third-order valence-electron chi connectivity index (χ3n) is 2.53. The number of amides is 1. The van der Waals surface area contributed by atoms with Crippen LogP contribution in [0.15, 0.2) is 0 Å². The van der Waals surface area contributed by atoms with Gasteiger partial charge < -0.3 is 5.73 Å². The molecule has 6 heteroatoms. The maximum absolute atomic E-state index is 11.6. The molecule has 0 saturated heterocycles. The number of hydrogen-bond acceptors (Lipinski definition) is 5. The topological polar surface area (TPSA) is 80.9 Å².